The first-order chi connectivity index (χ1) is 21.6. The van der Waals surface area contributed by atoms with Crippen LogP contribution in [0.15, 0.2) is 72.8 Å². The van der Waals surface area contributed by atoms with Gasteiger partial charge in [-0.1, -0.05) is 152 Å². The summed E-state index contributed by atoms with van der Waals surface area (Å²) in [7, 11) is -2.08. The molecule has 0 saturated carbocycles. The second-order valence-electron chi connectivity index (χ2n) is 13.7. The number of rotatable bonds is 21. The number of nitrogens with two attached hydrogens (primary N) is 1. The average molecular weight is 613 g/mol. The van der Waals surface area contributed by atoms with Crippen LogP contribution < -0.4 is 16.1 Å². The molecule has 0 heterocycles. The Morgan fingerprint density at radius 2 is 1.00 bits per heavy atom. The molecule has 0 saturated heterocycles. The second kappa shape index (κ2) is 19.5. The predicted octanol–water partition coefficient (Wildman–Crippen LogP) is 11.5. The molecule has 0 aliphatic heterocycles. The van der Waals surface area contributed by atoms with Crippen LogP contribution in [0.5, 0.6) is 0 Å². The summed E-state index contributed by atoms with van der Waals surface area (Å²) in [5, 5.41) is 2.84. The summed E-state index contributed by atoms with van der Waals surface area (Å²) in [5.41, 5.74) is 14.4. The third-order valence-electron chi connectivity index (χ3n) is 10.2. The Morgan fingerprint density at radius 1 is 0.545 bits per heavy atom. The fourth-order valence-corrected chi connectivity index (χ4v) is 11.0. The van der Waals surface area contributed by atoms with Crippen molar-refractivity contribution in [2.75, 3.05) is 0 Å². The van der Waals surface area contributed by atoms with Crippen LogP contribution >= 0.6 is 7.41 Å². The maximum atomic E-state index is 7.89. The van der Waals surface area contributed by atoms with Crippen molar-refractivity contribution in [3.63, 3.8) is 0 Å². The van der Waals surface area contributed by atoms with Crippen LogP contribution in [0.3, 0.4) is 0 Å². The second-order valence-corrected chi connectivity index (χ2v) is 17.0. The zero-order valence-corrected chi connectivity index (χ0v) is 29.3. The van der Waals surface area contributed by atoms with Crippen LogP contribution in [0.4, 0.5) is 0 Å². The molecule has 2 heteroatoms. The number of benzene rings is 3. The predicted molar refractivity (Wildman–Crippen MR) is 198 cm³/mol. The molecule has 1 atom stereocenters. The molecule has 44 heavy (non-hydrogen) atoms. The van der Waals surface area contributed by atoms with Crippen molar-refractivity contribution < 1.29 is 0 Å². The Morgan fingerprint density at radius 3 is 1.50 bits per heavy atom. The number of unbranched alkanes of at least 4 members (excludes halogenated alkanes) is 14. The number of hydrogen-bond acceptors (Lipinski definition) is 1. The fraction of sp³-hybridized carbons (Fsp3) is 0.571. The molecule has 0 amide bonds. The first kappa shape index (κ1) is 34.9. The Bertz CT molecular complexity index is 1150. The monoisotopic (exact) mass is 612 g/mol. The van der Waals surface area contributed by atoms with Gasteiger partial charge in [0.25, 0.3) is 0 Å². The van der Waals surface area contributed by atoms with Crippen molar-refractivity contribution in [2.24, 2.45) is 5.50 Å². The minimum absolute atomic E-state index is 0.495. The van der Waals surface area contributed by atoms with Gasteiger partial charge in [0.1, 0.15) is 18.0 Å². The molecule has 1 nitrogen and oxygen atoms in total. The molecule has 1 aliphatic carbocycles. The Kier molecular flexibility index (Phi) is 15.5. The summed E-state index contributed by atoms with van der Waals surface area (Å²) in [6.45, 7) is 4.60. The molecule has 3 aromatic carbocycles. The van der Waals surface area contributed by atoms with E-state index in [0.717, 1.165) is 12.8 Å². The largest absolute Gasteiger partial charge is 0.195 e. The lowest BCUT2D eigenvalue weighted by molar-refractivity contribution is 0.575. The highest BCUT2D eigenvalue weighted by molar-refractivity contribution is 7.88. The van der Waals surface area contributed by atoms with Gasteiger partial charge in [-0.25, -0.2) is 0 Å². The van der Waals surface area contributed by atoms with E-state index in [1.807, 2.05) is 0 Å². The summed E-state index contributed by atoms with van der Waals surface area (Å²) in [6.07, 6.45) is 27.7. The summed E-state index contributed by atoms with van der Waals surface area (Å²) < 4.78 is 0. The standard InChI is InChI=1S/C42H63NP/c1-3-5-7-9-11-13-15-17-23-36-25-21-29-40(33-36)44(43,42-32-31-38-27-19-20-28-39(38)35-42)41-30-22-26-37(34-41)24-18-16-14-12-10-8-6-4-2/h19-22,25-30,33-34,42H,3-18,23-24,31-32,35,43H2,1-2H3/q+1. The van der Waals surface area contributed by atoms with Crippen molar-refractivity contribution in [2.45, 2.75) is 154 Å². The van der Waals surface area contributed by atoms with Gasteiger partial charge in [-0.15, -0.1) is 0 Å². The zero-order chi connectivity index (χ0) is 30.9. The normalized spacial score (nSPS) is 14.9. The maximum Gasteiger partial charge on any atom is 0.146 e. The van der Waals surface area contributed by atoms with Gasteiger partial charge in [-0.3, -0.25) is 0 Å². The summed E-state index contributed by atoms with van der Waals surface area (Å²) in [6, 6.07) is 28.2. The molecule has 2 N–H and O–H groups in total. The maximum absolute atomic E-state index is 7.89. The van der Waals surface area contributed by atoms with Crippen molar-refractivity contribution in [1.29, 1.82) is 0 Å². The molecule has 3 aromatic rings. The van der Waals surface area contributed by atoms with E-state index in [-0.39, 0.29) is 0 Å². The Labute approximate surface area is 272 Å². The van der Waals surface area contributed by atoms with Crippen molar-refractivity contribution in [3.05, 3.63) is 95.1 Å². The SMILES string of the molecule is CCCCCCCCCCc1cccc([P+](N)(c2cccc(CCCCCCCCCC)c2)C2CCc3ccccc3C2)c1. The van der Waals surface area contributed by atoms with Crippen LogP contribution in [0.2, 0.25) is 0 Å². The zero-order valence-electron chi connectivity index (χ0n) is 28.4. The number of fused-ring (bicyclic) bond motifs is 1. The molecule has 0 fully saturated rings. The third-order valence-corrected chi connectivity index (χ3v) is 14.1. The van der Waals surface area contributed by atoms with E-state index >= 15 is 0 Å². The molecular weight excluding hydrogens is 549 g/mol. The molecule has 1 unspecified atom stereocenters. The minimum atomic E-state index is -2.08. The van der Waals surface area contributed by atoms with Crippen LogP contribution in [-0.4, -0.2) is 5.66 Å². The molecule has 240 valence electrons. The molecule has 0 spiro atoms. The van der Waals surface area contributed by atoms with Crippen molar-refractivity contribution in [1.82, 2.24) is 0 Å². The quantitative estimate of drug-likeness (QED) is 0.0940. The Balaban J connectivity index is 1.46. The molecular formula is C42H63NP+. The molecule has 0 radical (unpaired) electrons. The van der Waals surface area contributed by atoms with E-state index in [1.165, 1.54) is 155 Å². The smallest absolute Gasteiger partial charge is 0.146 e. The highest BCUT2D eigenvalue weighted by atomic mass is 31.2. The summed E-state index contributed by atoms with van der Waals surface area (Å²) >= 11 is 0. The molecule has 0 aromatic heterocycles. The van der Waals surface area contributed by atoms with E-state index in [1.54, 1.807) is 0 Å². The van der Waals surface area contributed by atoms with E-state index in [4.69, 9.17) is 5.50 Å². The van der Waals surface area contributed by atoms with E-state index in [2.05, 4.69) is 86.6 Å². The highest BCUT2D eigenvalue weighted by Gasteiger charge is 2.48. The average Bonchev–Trinajstić information content (AvgIpc) is 3.07. The van der Waals surface area contributed by atoms with E-state index < -0.39 is 7.41 Å². The highest BCUT2D eigenvalue weighted by Crippen LogP contribution is 2.57. The van der Waals surface area contributed by atoms with Gasteiger partial charge in [0.05, 0.1) is 5.66 Å². The van der Waals surface area contributed by atoms with Gasteiger partial charge < -0.3 is 0 Å². The first-order valence-corrected chi connectivity index (χ1v) is 20.5. The van der Waals surface area contributed by atoms with Crippen LogP contribution in [0.25, 0.3) is 0 Å². The molecule has 1 aliphatic rings. The Hall–Kier alpha value is -1.95. The van der Waals surface area contributed by atoms with E-state index in [0.29, 0.717) is 5.66 Å². The molecule has 0 bridgehead atoms. The van der Waals surface area contributed by atoms with Crippen LogP contribution in [0.1, 0.15) is 145 Å². The third kappa shape index (κ3) is 10.6. The fourth-order valence-electron chi connectivity index (χ4n) is 7.41. The van der Waals surface area contributed by atoms with Gasteiger partial charge in [0.15, 0.2) is 0 Å². The van der Waals surface area contributed by atoms with Crippen LogP contribution in [-0.2, 0) is 25.7 Å². The number of hydrogen-bond donors (Lipinski definition) is 1. The lowest BCUT2D eigenvalue weighted by Gasteiger charge is -2.34. The minimum Gasteiger partial charge on any atom is -0.195 e. The van der Waals surface area contributed by atoms with Crippen molar-refractivity contribution >= 4 is 18.0 Å². The van der Waals surface area contributed by atoms with Gasteiger partial charge in [0, 0.05) is 6.42 Å². The lowest BCUT2D eigenvalue weighted by Crippen LogP contribution is -2.40. The lowest BCUT2D eigenvalue weighted by atomic mass is 9.91. The van der Waals surface area contributed by atoms with Crippen molar-refractivity contribution in [3.8, 4) is 0 Å². The summed E-state index contributed by atoms with van der Waals surface area (Å²) in [4.78, 5) is 0. The van der Waals surface area contributed by atoms with Gasteiger partial charge in [-0.05, 0) is 85.0 Å². The molecule has 4 rings (SSSR count). The number of aryl methyl sites for hydroxylation is 3. The first-order valence-electron chi connectivity index (χ1n) is 18.6. The van der Waals surface area contributed by atoms with E-state index in [9.17, 15) is 0 Å². The summed E-state index contributed by atoms with van der Waals surface area (Å²) in [5.74, 6) is 0. The van der Waals surface area contributed by atoms with Crippen LogP contribution in [0, 0.1) is 0 Å². The van der Waals surface area contributed by atoms with Gasteiger partial charge in [-0.2, -0.15) is 5.50 Å². The van der Waals surface area contributed by atoms with Gasteiger partial charge >= 0.3 is 0 Å². The topological polar surface area (TPSA) is 26.0 Å². The van der Waals surface area contributed by atoms with Gasteiger partial charge in [0.2, 0.25) is 0 Å².